The lowest BCUT2D eigenvalue weighted by Crippen LogP contribution is -2.42. The molecule has 0 bridgehead atoms. The summed E-state index contributed by atoms with van der Waals surface area (Å²) in [4.78, 5) is 38.1. The molecule has 0 spiro atoms. The zero-order chi connectivity index (χ0) is 28.7. The van der Waals surface area contributed by atoms with Crippen LogP contribution in [-0.4, -0.2) is 62.3 Å². The van der Waals surface area contributed by atoms with Crippen LogP contribution >= 0.6 is 0 Å². The summed E-state index contributed by atoms with van der Waals surface area (Å²) >= 11 is 0. The lowest BCUT2D eigenvalue weighted by Gasteiger charge is -2.33. The van der Waals surface area contributed by atoms with Crippen LogP contribution in [0, 0.1) is 24.7 Å². The van der Waals surface area contributed by atoms with Gasteiger partial charge in [0.15, 0.2) is 0 Å². The van der Waals surface area contributed by atoms with Gasteiger partial charge in [0.05, 0.1) is 0 Å². The van der Waals surface area contributed by atoms with Crippen LogP contribution in [0.1, 0.15) is 58.4 Å². The van der Waals surface area contributed by atoms with E-state index in [1.807, 2.05) is 68.8 Å². The Morgan fingerprint density at radius 3 is 2.44 bits per heavy atom. The summed E-state index contributed by atoms with van der Waals surface area (Å²) in [5, 5.41) is 3.09. The summed E-state index contributed by atoms with van der Waals surface area (Å²) < 4.78 is 7.42. The van der Waals surface area contributed by atoms with Crippen molar-refractivity contribution < 1.29 is 9.53 Å². The zero-order valence-corrected chi connectivity index (χ0v) is 24.7. The molecule has 41 heavy (non-hydrogen) atoms. The Morgan fingerprint density at radius 2 is 1.76 bits per heavy atom. The van der Waals surface area contributed by atoms with Gasteiger partial charge in [-0.05, 0) is 88.3 Å². The van der Waals surface area contributed by atoms with Gasteiger partial charge in [0.25, 0.3) is 5.56 Å². The second-order valence-electron chi connectivity index (χ2n) is 13.1. The van der Waals surface area contributed by atoms with Crippen LogP contribution in [0.5, 0.6) is 0 Å². The predicted octanol–water partition coefficient (Wildman–Crippen LogP) is 5.47. The smallest absolute Gasteiger partial charge is 0.410 e. The highest BCUT2D eigenvalue weighted by Crippen LogP contribution is 2.37. The number of hydrazine groups is 1. The first kappa shape index (κ1) is 27.7. The average molecular weight is 559 g/mol. The molecule has 1 amide bonds. The van der Waals surface area contributed by atoms with Gasteiger partial charge in [-0.1, -0.05) is 30.7 Å². The van der Waals surface area contributed by atoms with Gasteiger partial charge in [-0.25, -0.2) is 14.8 Å². The van der Waals surface area contributed by atoms with E-state index in [0.717, 1.165) is 54.3 Å². The molecule has 218 valence electrons. The predicted molar refractivity (Wildman–Crippen MR) is 161 cm³/mol. The number of ether oxygens (including phenoxy) is 1. The van der Waals surface area contributed by atoms with Crippen LogP contribution in [0.2, 0.25) is 0 Å². The minimum Gasteiger partial charge on any atom is -0.444 e. The maximum atomic E-state index is 14.1. The van der Waals surface area contributed by atoms with E-state index in [4.69, 9.17) is 9.72 Å². The number of rotatable bonds is 5. The lowest BCUT2D eigenvalue weighted by atomic mass is 9.96. The molecule has 0 radical (unpaired) electrons. The molecule has 2 aromatic heterocycles. The fraction of sp³-hybridized carbons (Fsp3) is 0.562. The van der Waals surface area contributed by atoms with Crippen molar-refractivity contribution in [1.29, 1.82) is 0 Å². The van der Waals surface area contributed by atoms with E-state index in [1.54, 1.807) is 4.90 Å². The monoisotopic (exact) mass is 558 g/mol. The molecule has 2 saturated heterocycles. The Morgan fingerprint density at radius 1 is 1.05 bits per heavy atom. The molecule has 1 saturated carbocycles. The molecule has 3 fully saturated rings. The summed E-state index contributed by atoms with van der Waals surface area (Å²) in [6.07, 6.45) is 7.11. The number of fused-ring (bicyclic) bond motifs is 2. The summed E-state index contributed by atoms with van der Waals surface area (Å²) in [5.74, 6) is 2.29. The number of anilines is 1. The standard InChI is InChI=1S/C32H42N6O3/c1-21-8-5-6-11-26(21)27-16-25-17-33-30(35-37-19-23-9-7-10-24(23)20-37)34-28(25)38(29(27)39)18-22-12-14-36(15-13-22)31(40)41-32(2,3)4/h5-6,8,11,16-17,22-24H,7,9-10,12-15,18-20H2,1-4H3,(H,33,34,35). The first-order valence-corrected chi connectivity index (χ1v) is 15.1. The molecule has 1 aliphatic carbocycles. The molecular formula is C32H42N6O3. The number of carbonyl (C=O) groups is 1. The largest absolute Gasteiger partial charge is 0.444 e. The molecule has 3 aromatic rings. The maximum absolute atomic E-state index is 14.1. The quantitative estimate of drug-likeness (QED) is 0.444. The minimum atomic E-state index is -0.518. The van der Waals surface area contributed by atoms with Gasteiger partial charge in [-0.3, -0.25) is 14.8 Å². The lowest BCUT2D eigenvalue weighted by molar-refractivity contribution is 0.0178. The Hall–Kier alpha value is -3.46. The van der Waals surface area contributed by atoms with E-state index in [2.05, 4.69) is 15.4 Å². The zero-order valence-electron chi connectivity index (χ0n) is 24.7. The highest BCUT2D eigenvalue weighted by Gasteiger charge is 2.36. The number of nitrogens with one attached hydrogen (secondary N) is 1. The van der Waals surface area contributed by atoms with Crippen LogP contribution in [0.3, 0.4) is 0 Å². The molecule has 4 heterocycles. The third-order valence-electron chi connectivity index (χ3n) is 8.95. The number of likely N-dealkylation sites (tertiary alicyclic amines) is 1. The van der Waals surface area contributed by atoms with E-state index in [1.165, 1.54) is 19.3 Å². The highest BCUT2D eigenvalue weighted by molar-refractivity contribution is 5.82. The normalized spacial score (nSPS) is 21.8. The molecular weight excluding hydrogens is 516 g/mol. The SMILES string of the molecule is Cc1ccccc1-c1cc2cnc(NN3CC4CCCC4C3)nc2n(CC2CCN(C(=O)OC(C)(C)C)CC2)c1=O. The molecule has 6 rings (SSSR count). The average Bonchev–Trinajstić information content (AvgIpc) is 3.52. The minimum absolute atomic E-state index is 0.0401. The summed E-state index contributed by atoms with van der Waals surface area (Å²) in [6.45, 7) is 11.5. The second-order valence-corrected chi connectivity index (χ2v) is 13.1. The molecule has 1 aromatic carbocycles. The third-order valence-corrected chi connectivity index (χ3v) is 8.95. The number of hydrogen-bond donors (Lipinski definition) is 1. The highest BCUT2D eigenvalue weighted by atomic mass is 16.6. The number of aromatic nitrogens is 3. The maximum Gasteiger partial charge on any atom is 0.410 e. The number of hydrogen-bond acceptors (Lipinski definition) is 7. The molecule has 2 aliphatic heterocycles. The van der Waals surface area contributed by atoms with Crippen LogP contribution in [-0.2, 0) is 11.3 Å². The Bertz CT molecular complexity index is 1480. The molecule has 1 N–H and O–H groups in total. The van der Waals surface area contributed by atoms with E-state index < -0.39 is 5.60 Å². The topological polar surface area (TPSA) is 92.6 Å². The van der Waals surface area contributed by atoms with Crippen molar-refractivity contribution in [2.75, 3.05) is 31.6 Å². The number of carbonyl (C=O) groups excluding carboxylic acids is 1. The van der Waals surface area contributed by atoms with Crippen molar-refractivity contribution in [3.8, 4) is 11.1 Å². The van der Waals surface area contributed by atoms with Gasteiger partial charge in [-0.2, -0.15) is 4.98 Å². The summed E-state index contributed by atoms with van der Waals surface area (Å²) in [5.41, 5.74) is 6.19. The number of amides is 1. The van der Waals surface area contributed by atoms with Crippen molar-refractivity contribution in [3.63, 3.8) is 0 Å². The van der Waals surface area contributed by atoms with Crippen molar-refractivity contribution in [1.82, 2.24) is 24.4 Å². The van der Waals surface area contributed by atoms with Gasteiger partial charge < -0.3 is 9.64 Å². The van der Waals surface area contributed by atoms with Gasteiger partial charge >= 0.3 is 6.09 Å². The molecule has 2 unspecified atom stereocenters. The van der Waals surface area contributed by atoms with Crippen molar-refractivity contribution in [2.45, 2.75) is 71.9 Å². The fourth-order valence-corrected chi connectivity index (χ4v) is 6.80. The van der Waals surface area contributed by atoms with Crippen molar-refractivity contribution in [2.24, 2.45) is 17.8 Å². The summed E-state index contributed by atoms with van der Waals surface area (Å²) in [7, 11) is 0. The van der Waals surface area contributed by atoms with E-state index in [-0.39, 0.29) is 17.6 Å². The first-order chi connectivity index (χ1) is 19.6. The van der Waals surface area contributed by atoms with Crippen LogP contribution < -0.4 is 11.0 Å². The van der Waals surface area contributed by atoms with Crippen LogP contribution in [0.15, 0.2) is 41.3 Å². The Balaban J connectivity index is 1.29. The van der Waals surface area contributed by atoms with E-state index in [9.17, 15) is 9.59 Å². The molecule has 9 nitrogen and oxygen atoms in total. The molecule has 9 heteroatoms. The van der Waals surface area contributed by atoms with E-state index >= 15 is 0 Å². The first-order valence-electron chi connectivity index (χ1n) is 15.1. The number of aryl methyl sites for hydroxylation is 1. The van der Waals surface area contributed by atoms with Crippen molar-refractivity contribution >= 4 is 23.1 Å². The summed E-state index contributed by atoms with van der Waals surface area (Å²) in [6, 6.07) is 9.93. The molecule has 2 atom stereocenters. The Labute approximate surface area is 241 Å². The van der Waals surface area contributed by atoms with Crippen LogP contribution in [0.25, 0.3) is 22.2 Å². The van der Waals surface area contributed by atoms with E-state index in [0.29, 0.717) is 36.8 Å². The number of nitrogens with zero attached hydrogens (tertiary/aromatic N) is 5. The van der Waals surface area contributed by atoms with Gasteiger partial charge in [0.2, 0.25) is 5.95 Å². The van der Waals surface area contributed by atoms with Gasteiger partial charge in [0, 0.05) is 49.9 Å². The van der Waals surface area contributed by atoms with Crippen molar-refractivity contribution in [3.05, 3.63) is 52.4 Å². The number of benzene rings is 1. The van der Waals surface area contributed by atoms with Gasteiger partial charge in [0.1, 0.15) is 11.2 Å². The van der Waals surface area contributed by atoms with Gasteiger partial charge in [-0.15, -0.1) is 0 Å². The fourth-order valence-electron chi connectivity index (χ4n) is 6.80. The van der Waals surface area contributed by atoms with Crippen LogP contribution in [0.4, 0.5) is 10.7 Å². The number of piperidine rings is 1. The second kappa shape index (κ2) is 11.1. The molecule has 3 aliphatic rings. The third kappa shape index (κ3) is 5.96. The number of pyridine rings is 1. The Kier molecular flexibility index (Phi) is 7.49.